The quantitative estimate of drug-likeness (QED) is 0.803. The van der Waals surface area contributed by atoms with Crippen molar-refractivity contribution in [2.75, 3.05) is 0 Å². The fourth-order valence-corrected chi connectivity index (χ4v) is 2.18. The van der Waals surface area contributed by atoms with Crippen molar-refractivity contribution < 1.29 is 20.1 Å². The van der Waals surface area contributed by atoms with Gasteiger partial charge >= 0.3 is 5.97 Å². The third-order valence-electron chi connectivity index (χ3n) is 2.93. The third-order valence-corrected chi connectivity index (χ3v) is 2.93. The topological polar surface area (TPSA) is 78.0 Å². The Morgan fingerprint density at radius 2 is 1.37 bits per heavy atom. The van der Waals surface area contributed by atoms with Gasteiger partial charge in [0.05, 0.1) is 0 Å². The number of carboxylic acids is 1. The smallest absolute Gasteiger partial charge is 0.315 e. The van der Waals surface area contributed by atoms with Crippen molar-refractivity contribution in [2.45, 2.75) is 5.92 Å². The van der Waals surface area contributed by atoms with Crippen molar-refractivity contribution in [3.63, 3.8) is 0 Å². The van der Waals surface area contributed by atoms with Gasteiger partial charge < -0.3 is 15.3 Å². The molecule has 0 bridgehead atoms. The Kier molecular flexibility index (Phi) is 4.74. The molecule has 0 amide bonds. The molecule has 3 N–H and O–H groups in total. The molecule has 0 unspecified atom stereocenters. The molecule has 0 aliphatic carbocycles. The van der Waals surface area contributed by atoms with Gasteiger partial charge in [0.15, 0.2) is 0 Å². The van der Waals surface area contributed by atoms with Crippen LogP contribution in [0.15, 0.2) is 48.5 Å². The highest BCUT2D eigenvalue weighted by Gasteiger charge is 2.31. The summed E-state index contributed by atoms with van der Waals surface area (Å²) in [5, 5.41) is 9.38. The molecule has 3 rings (SSSR count). The lowest BCUT2D eigenvalue weighted by atomic mass is 9.88. The van der Waals surface area contributed by atoms with Gasteiger partial charge in [-0.2, -0.15) is 0 Å². The van der Waals surface area contributed by atoms with E-state index in [2.05, 4.69) is 0 Å². The molecule has 0 aromatic heterocycles. The van der Waals surface area contributed by atoms with Gasteiger partial charge in [-0.05, 0) is 12.1 Å². The Balaban J connectivity index is 0.000000902. The van der Waals surface area contributed by atoms with Crippen LogP contribution >= 0.6 is 0 Å². The predicted molar refractivity (Wildman–Crippen MR) is 71.8 cm³/mol. The van der Waals surface area contributed by atoms with Crippen LogP contribution < -0.4 is 4.74 Å². The number of carboxylic acid groups (broad SMARTS) is 1. The van der Waals surface area contributed by atoms with Crippen LogP contribution in [-0.2, 0) is 4.79 Å². The van der Waals surface area contributed by atoms with Crippen molar-refractivity contribution in [1.82, 2.24) is 0 Å². The lowest BCUT2D eigenvalue weighted by Crippen LogP contribution is -2.18. The van der Waals surface area contributed by atoms with E-state index >= 15 is 0 Å². The summed E-state index contributed by atoms with van der Waals surface area (Å²) in [6, 6.07) is 14.5. The molecule has 1 aliphatic heterocycles. The van der Waals surface area contributed by atoms with Gasteiger partial charge in [-0.1, -0.05) is 36.4 Å². The minimum Gasteiger partial charge on any atom is -0.481 e. The molecular weight excluding hydrogens is 259 g/mol. The second-order valence-corrected chi connectivity index (χ2v) is 3.95. The number of ether oxygens (including phenoxy) is 1. The first kappa shape index (κ1) is 15.3. The summed E-state index contributed by atoms with van der Waals surface area (Å²) >= 11 is 0. The zero-order chi connectivity index (χ0) is 11.8. The summed E-state index contributed by atoms with van der Waals surface area (Å²) in [6.07, 6.45) is 0. The average molecular weight is 271 g/mol. The Hall–Kier alpha value is -1.80. The number of hydrogen-bond acceptors (Lipinski definition) is 2. The van der Waals surface area contributed by atoms with Crippen LogP contribution in [0.1, 0.15) is 17.0 Å². The SMILES string of the molecule is O.O=C(O)C1c2ccccc2Oc2ccccc21.[Al]. The number of fused-ring (bicyclic) bond motifs is 2. The highest BCUT2D eigenvalue weighted by molar-refractivity contribution is 5.83. The number of benzene rings is 2. The fourth-order valence-electron chi connectivity index (χ4n) is 2.18. The zero-order valence-electron chi connectivity index (χ0n) is 10.0. The van der Waals surface area contributed by atoms with Gasteiger partial charge in [-0.25, -0.2) is 0 Å². The molecule has 1 heterocycles. The van der Waals surface area contributed by atoms with E-state index in [1.165, 1.54) is 0 Å². The summed E-state index contributed by atoms with van der Waals surface area (Å²) in [6.45, 7) is 0. The average Bonchev–Trinajstić information content (AvgIpc) is 2.35. The molecule has 4 nitrogen and oxygen atoms in total. The van der Waals surface area contributed by atoms with E-state index in [9.17, 15) is 9.90 Å². The summed E-state index contributed by atoms with van der Waals surface area (Å²) < 4.78 is 5.69. The van der Waals surface area contributed by atoms with Crippen LogP contribution in [-0.4, -0.2) is 33.9 Å². The van der Waals surface area contributed by atoms with Crippen molar-refractivity contribution in [3.05, 3.63) is 59.7 Å². The van der Waals surface area contributed by atoms with Crippen LogP contribution in [0.2, 0.25) is 0 Å². The van der Waals surface area contributed by atoms with E-state index in [1.807, 2.05) is 24.3 Å². The fraction of sp³-hybridized carbons (Fsp3) is 0.0714. The normalized spacial score (nSPS) is 12.0. The van der Waals surface area contributed by atoms with Gasteiger partial charge in [0.1, 0.15) is 17.4 Å². The largest absolute Gasteiger partial charge is 0.481 e. The molecule has 1 aliphatic rings. The van der Waals surface area contributed by atoms with Gasteiger partial charge in [-0.15, -0.1) is 0 Å². The maximum Gasteiger partial charge on any atom is 0.315 e. The second-order valence-electron chi connectivity index (χ2n) is 3.95. The molecule has 0 saturated carbocycles. The van der Waals surface area contributed by atoms with Gasteiger partial charge in [0.25, 0.3) is 0 Å². The van der Waals surface area contributed by atoms with Gasteiger partial charge in [0.2, 0.25) is 0 Å². The maximum atomic E-state index is 11.4. The maximum absolute atomic E-state index is 11.4. The third kappa shape index (κ3) is 2.49. The Bertz CT molecular complexity index is 552. The lowest BCUT2D eigenvalue weighted by Gasteiger charge is -2.25. The Labute approximate surface area is 121 Å². The molecular formula is C14H12AlO4. The van der Waals surface area contributed by atoms with Crippen LogP contribution in [0.25, 0.3) is 0 Å². The molecule has 95 valence electrons. The highest BCUT2D eigenvalue weighted by atomic mass is 27.0. The molecule has 0 atom stereocenters. The predicted octanol–water partition coefficient (Wildman–Crippen LogP) is 1.80. The van der Waals surface area contributed by atoms with Crippen molar-refractivity contribution in [1.29, 1.82) is 0 Å². The first-order valence-corrected chi connectivity index (χ1v) is 5.36. The van der Waals surface area contributed by atoms with E-state index in [0.29, 0.717) is 22.6 Å². The van der Waals surface area contributed by atoms with E-state index < -0.39 is 11.9 Å². The number of rotatable bonds is 1. The number of hydrogen-bond donors (Lipinski definition) is 1. The summed E-state index contributed by atoms with van der Waals surface area (Å²) in [5.74, 6) is -0.249. The molecule has 3 radical (unpaired) electrons. The van der Waals surface area contributed by atoms with E-state index in [1.54, 1.807) is 24.3 Å². The summed E-state index contributed by atoms with van der Waals surface area (Å²) in [5.41, 5.74) is 1.41. The van der Waals surface area contributed by atoms with Crippen LogP contribution in [0.3, 0.4) is 0 Å². The van der Waals surface area contributed by atoms with Crippen molar-refractivity contribution in [2.24, 2.45) is 0 Å². The monoisotopic (exact) mass is 271 g/mol. The van der Waals surface area contributed by atoms with E-state index in [-0.39, 0.29) is 22.8 Å². The second kappa shape index (κ2) is 5.90. The van der Waals surface area contributed by atoms with Crippen LogP contribution in [0.4, 0.5) is 0 Å². The first-order chi connectivity index (χ1) is 8.27. The molecule has 19 heavy (non-hydrogen) atoms. The minimum atomic E-state index is -0.854. The van der Waals surface area contributed by atoms with Gasteiger partial charge in [0, 0.05) is 28.5 Å². The molecule has 2 aromatic carbocycles. The zero-order valence-corrected chi connectivity index (χ0v) is 11.2. The highest BCUT2D eigenvalue weighted by Crippen LogP contribution is 2.43. The summed E-state index contributed by atoms with van der Waals surface area (Å²) in [4.78, 5) is 11.4. The first-order valence-electron chi connectivity index (χ1n) is 5.36. The van der Waals surface area contributed by atoms with Crippen molar-refractivity contribution in [3.8, 4) is 11.5 Å². The Morgan fingerprint density at radius 3 is 1.79 bits per heavy atom. The molecule has 2 aromatic rings. The molecule has 5 heteroatoms. The molecule has 0 spiro atoms. The standard InChI is InChI=1S/C14H10O3.Al.H2O/c15-14(16)13-9-5-1-3-7-11(9)17-12-8-4-2-6-10(12)13;;/h1-8,13H,(H,15,16);;1H2. The minimum absolute atomic E-state index is 0. The lowest BCUT2D eigenvalue weighted by molar-refractivity contribution is -0.137. The van der Waals surface area contributed by atoms with Gasteiger partial charge in [-0.3, -0.25) is 4.79 Å². The molecule has 0 saturated heterocycles. The van der Waals surface area contributed by atoms with Crippen molar-refractivity contribution >= 4 is 23.3 Å². The number of aliphatic carboxylic acids is 1. The molecule has 0 fully saturated rings. The van der Waals surface area contributed by atoms with Crippen LogP contribution in [0.5, 0.6) is 11.5 Å². The summed E-state index contributed by atoms with van der Waals surface area (Å²) in [7, 11) is 0. The number of para-hydroxylation sites is 2. The van der Waals surface area contributed by atoms with E-state index in [4.69, 9.17) is 4.74 Å². The number of carbonyl (C=O) groups is 1. The Morgan fingerprint density at radius 1 is 0.947 bits per heavy atom. The van der Waals surface area contributed by atoms with E-state index in [0.717, 1.165) is 0 Å². The van der Waals surface area contributed by atoms with Crippen LogP contribution in [0, 0.1) is 0 Å².